The van der Waals surface area contributed by atoms with Gasteiger partial charge in [-0.25, -0.2) is 0 Å². The molecule has 0 radical (unpaired) electrons. The summed E-state index contributed by atoms with van der Waals surface area (Å²) in [6.45, 7) is 6.14. The molecule has 0 aliphatic heterocycles. The molecule has 1 aromatic heterocycles. The molecule has 1 rings (SSSR count). The Morgan fingerprint density at radius 3 is 2.65 bits per heavy atom. The number of nitrogens with two attached hydrogens (primary N) is 1. The smallest absolute Gasteiger partial charge is 0.271 e. The fourth-order valence-electron chi connectivity index (χ4n) is 1.93. The summed E-state index contributed by atoms with van der Waals surface area (Å²) in [4.78, 5) is 12.1. The number of carbonyl (C=O) groups is 1. The number of nitrogens with one attached hydrogen (secondary N) is 1. The predicted molar refractivity (Wildman–Crippen MR) is 79.7 cm³/mol. The van der Waals surface area contributed by atoms with Crippen LogP contribution in [0.3, 0.4) is 0 Å². The van der Waals surface area contributed by atoms with Gasteiger partial charge in [0.15, 0.2) is 0 Å². The summed E-state index contributed by atoms with van der Waals surface area (Å²) < 4.78 is 6.98. The third-order valence-corrected chi connectivity index (χ3v) is 3.10. The lowest BCUT2D eigenvalue weighted by molar-refractivity contribution is 0.0932. The third kappa shape index (κ3) is 4.52. The molecule has 1 heterocycles. The number of anilines is 1. The number of nitrogens with zero attached hydrogens (tertiary/aromatic N) is 2. The number of ether oxygens (including phenoxy) is 1. The van der Waals surface area contributed by atoms with E-state index in [1.807, 2.05) is 6.92 Å². The van der Waals surface area contributed by atoms with Crippen molar-refractivity contribution in [2.75, 3.05) is 25.5 Å². The first-order valence-electron chi connectivity index (χ1n) is 7.29. The molecule has 0 aromatic carbocycles. The lowest BCUT2D eigenvalue weighted by Gasteiger charge is -2.07. The summed E-state index contributed by atoms with van der Waals surface area (Å²) in [5.41, 5.74) is 7.61. The molecular formula is C14H26N4O2. The Bertz CT molecular complexity index is 429. The molecule has 0 bridgehead atoms. The largest absolute Gasteiger partial charge is 0.395 e. The highest BCUT2D eigenvalue weighted by Gasteiger charge is 2.18. The van der Waals surface area contributed by atoms with Crippen LogP contribution in [0.2, 0.25) is 0 Å². The van der Waals surface area contributed by atoms with Gasteiger partial charge in [0.2, 0.25) is 0 Å². The highest BCUT2D eigenvalue weighted by molar-refractivity contribution is 5.97. The van der Waals surface area contributed by atoms with E-state index in [0.29, 0.717) is 24.5 Å². The monoisotopic (exact) mass is 282 g/mol. The molecule has 6 nitrogen and oxygen atoms in total. The molecule has 1 aromatic rings. The molecule has 6 heteroatoms. The van der Waals surface area contributed by atoms with Gasteiger partial charge in [0.25, 0.3) is 5.91 Å². The normalized spacial score (nSPS) is 10.8. The minimum Gasteiger partial charge on any atom is -0.395 e. The molecule has 0 aliphatic rings. The number of carbonyl (C=O) groups excluding carboxylic acids is 1. The van der Waals surface area contributed by atoms with E-state index in [-0.39, 0.29) is 5.91 Å². The SMILES string of the molecule is CCCCOCCCNC(=O)c1c(N)c(CC)nn1C. The number of hydrogen-bond acceptors (Lipinski definition) is 4. The molecule has 0 saturated heterocycles. The molecule has 1 amide bonds. The predicted octanol–water partition coefficient (Wildman–Crippen LogP) is 1.50. The van der Waals surface area contributed by atoms with Crippen molar-refractivity contribution in [3.63, 3.8) is 0 Å². The van der Waals surface area contributed by atoms with Crippen LogP contribution in [0.25, 0.3) is 0 Å². The van der Waals surface area contributed by atoms with Crippen LogP contribution >= 0.6 is 0 Å². The van der Waals surface area contributed by atoms with Crippen molar-refractivity contribution in [1.29, 1.82) is 0 Å². The fraction of sp³-hybridized carbons (Fsp3) is 0.714. The first-order valence-corrected chi connectivity index (χ1v) is 7.29. The topological polar surface area (TPSA) is 82.2 Å². The van der Waals surface area contributed by atoms with E-state index in [9.17, 15) is 4.79 Å². The summed E-state index contributed by atoms with van der Waals surface area (Å²) in [6.07, 6.45) is 3.74. The van der Waals surface area contributed by atoms with Crippen molar-refractivity contribution in [3.05, 3.63) is 11.4 Å². The maximum atomic E-state index is 12.1. The van der Waals surface area contributed by atoms with Crippen molar-refractivity contribution in [1.82, 2.24) is 15.1 Å². The van der Waals surface area contributed by atoms with Crippen LogP contribution in [0.5, 0.6) is 0 Å². The summed E-state index contributed by atoms with van der Waals surface area (Å²) in [5, 5.41) is 7.08. The van der Waals surface area contributed by atoms with Crippen LogP contribution in [0, 0.1) is 0 Å². The number of amides is 1. The van der Waals surface area contributed by atoms with Gasteiger partial charge in [-0.1, -0.05) is 20.3 Å². The van der Waals surface area contributed by atoms with E-state index in [2.05, 4.69) is 17.3 Å². The number of nitrogen functional groups attached to an aromatic ring is 1. The lowest BCUT2D eigenvalue weighted by Crippen LogP contribution is -2.28. The van der Waals surface area contributed by atoms with Crippen molar-refractivity contribution in [3.8, 4) is 0 Å². The number of unbranched alkanes of at least 4 members (excludes halogenated alkanes) is 1. The Morgan fingerprint density at radius 1 is 1.35 bits per heavy atom. The van der Waals surface area contributed by atoms with Crippen LogP contribution in [-0.4, -0.2) is 35.4 Å². The van der Waals surface area contributed by atoms with Crippen molar-refractivity contribution in [2.24, 2.45) is 7.05 Å². The van der Waals surface area contributed by atoms with Crippen molar-refractivity contribution in [2.45, 2.75) is 39.5 Å². The average molecular weight is 282 g/mol. The maximum Gasteiger partial charge on any atom is 0.271 e. The maximum absolute atomic E-state index is 12.1. The van der Waals surface area contributed by atoms with Crippen LogP contribution in [0.1, 0.15) is 49.3 Å². The van der Waals surface area contributed by atoms with E-state index in [1.54, 1.807) is 11.7 Å². The summed E-state index contributed by atoms with van der Waals surface area (Å²) in [6, 6.07) is 0. The second-order valence-electron chi connectivity index (χ2n) is 4.76. The van der Waals surface area contributed by atoms with Gasteiger partial charge in [0.1, 0.15) is 5.69 Å². The van der Waals surface area contributed by atoms with E-state index >= 15 is 0 Å². The Kier molecular flexibility index (Phi) is 7.08. The second-order valence-corrected chi connectivity index (χ2v) is 4.76. The molecular weight excluding hydrogens is 256 g/mol. The van der Waals surface area contributed by atoms with Crippen LogP contribution in [-0.2, 0) is 18.2 Å². The molecule has 0 unspecified atom stereocenters. The number of hydrogen-bond donors (Lipinski definition) is 2. The minimum absolute atomic E-state index is 0.175. The number of aryl methyl sites for hydroxylation is 2. The van der Waals surface area contributed by atoms with Gasteiger partial charge in [0.05, 0.1) is 11.4 Å². The van der Waals surface area contributed by atoms with Crippen molar-refractivity contribution >= 4 is 11.6 Å². The van der Waals surface area contributed by atoms with Gasteiger partial charge in [-0.2, -0.15) is 5.10 Å². The number of aromatic nitrogens is 2. The zero-order valence-electron chi connectivity index (χ0n) is 12.7. The van der Waals surface area contributed by atoms with Gasteiger partial charge in [-0.15, -0.1) is 0 Å². The van der Waals surface area contributed by atoms with Gasteiger partial charge < -0.3 is 15.8 Å². The summed E-state index contributed by atoms with van der Waals surface area (Å²) >= 11 is 0. The van der Waals surface area contributed by atoms with Crippen LogP contribution in [0.4, 0.5) is 5.69 Å². The first-order chi connectivity index (χ1) is 9.61. The molecule has 0 atom stereocenters. The summed E-state index contributed by atoms with van der Waals surface area (Å²) in [7, 11) is 1.73. The Hall–Kier alpha value is -1.56. The molecule has 0 fully saturated rings. The highest BCUT2D eigenvalue weighted by atomic mass is 16.5. The molecule has 0 spiro atoms. The fourth-order valence-corrected chi connectivity index (χ4v) is 1.93. The molecule has 0 aliphatic carbocycles. The van der Waals surface area contributed by atoms with E-state index in [4.69, 9.17) is 10.5 Å². The van der Waals surface area contributed by atoms with E-state index < -0.39 is 0 Å². The Labute approximate surface area is 120 Å². The molecule has 3 N–H and O–H groups in total. The van der Waals surface area contributed by atoms with Crippen LogP contribution in [0.15, 0.2) is 0 Å². The van der Waals surface area contributed by atoms with E-state index in [0.717, 1.165) is 38.0 Å². The average Bonchev–Trinajstić information content (AvgIpc) is 2.72. The Balaban J connectivity index is 2.35. The number of rotatable bonds is 9. The first kappa shape index (κ1) is 16.5. The van der Waals surface area contributed by atoms with Gasteiger partial charge >= 0.3 is 0 Å². The third-order valence-electron chi connectivity index (χ3n) is 3.10. The molecule has 0 saturated carbocycles. The lowest BCUT2D eigenvalue weighted by atomic mass is 10.2. The van der Waals surface area contributed by atoms with Gasteiger partial charge in [0, 0.05) is 26.8 Å². The zero-order valence-corrected chi connectivity index (χ0v) is 12.7. The van der Waals surface area contributed by atoms with Gasteiger partial charge in [-0.05, 0) is 19.3 Å². The van der Waals surface area contributed by atoms with Gasteiger partial charge in [-0.3, -0.25) is 9.48 Å². The van der Waals surface area contributed by atoms with E-state index in [1.165, 1.54) is 0 Å². The summed E-state index contributed by atoms with van der Waals surface area (Å²) in [5.74, 6) is -0.175. The second kappa shape index (κ2) is 8.58. The van der Waals surface area contributed by atoms with Crippen LogP contribution < -0.4 is 11.1 Å². The highest BCUT2D eigenvalue weighted by Crippen LogP contribution is 2.16. The Morgan fingerprint density at radius 2 is 2.05 bits per heavy atom. The molecule has 20 heavy (non-hydrogen) atoms. The zero-order chi connectivity index (χ0) is 15.0. The minimum atomic E-state index is -0.175. The standard InChI is InChI=1S/C14H26N4O2/c1-4-6-9-20-10-7-8-16-14(19)13-12(15)11(5-2)17-18(13)3/h4-10,15H2,1-3H3,(H,16,19). The van der Waals surface area contributed by atoms with Crippen molar-refractivity contribution < 1.29 is 9.53 Å². The quantitative estimate of drug-likeness (QED) is 0.672. The molecule has 114 valence electrons.